The molecule has 3 fully saturated rings. The minimum atomic E-state index is -0.584. The van der Waals surface area contributed by atoms with Crippen LogP contribution in [0.3, 0.4) is 0 Å². The van der Waals surface area contributed by atoms with Crippen LogP contribution in [0.2, 0.25) is 0 Å². The summed E-state index contributed by atoms with van der Waals surface area (Å²) in [6.07, 6.45) is 2.21. The van der Waals surface area contributed by atoms with Crippen molar-refractivity contribution in [3.8, 4) is 0 Å². The third kappa shape index (κ3) is 0.572. The second-order valence-electron chi connectivity index (χ2n) is 5.10. The second-order valence-corrected chi connectivity index (χ2v) is 5.10. The van der Waals surface area contributed by atoms with Crippen molar-refractivity contribution in [1.82, 2.24) is 0 Å². The topological polar surface area (TPSA) is 37.3 Å². The van der Waals surface area contributed by atoms with Gasteiger partial charge in [0.05, 0.1) is 5.92 Å². The number of hydrogen-bond acceptors (Lipinski definition) is 1. The lowest BCUT2D eigenvalue weighted by Crippen LogP contribution is -2.57. The molecule has 0 radical (unpaired) electrons. The highest BCUT2D eigenvalue weighted by Gasteiger charge is 2.70. The van der Waals surface area contributed by atoms with Gasteiger partial charge in [-0.15, -0.1) is 0 Å². The number of carbonyl (C=O) groups is 1. The monoisotopic (exact) mass is 168 g/mol. The molecule has 12 heavy (non-hydrogen) atoms. The molecule has 0 spiro atoms. The van der Waals surface area contributed by atoms with Crippen LogP contribution >= 0.6 is 0 Å². The molecule has 3 rings (SSSR count). The predicted octanol–water partition coefficient (Wildman–Crippen LogP) is 2.14. The third-order valence-electron chi connectivity index (χ3n) is 4.73. The Morgan fingerprint density at radius 1 is 1.42 bits per heavy atom. The van der Waals surface area contributed by atoms with Crippen LogP contribution < -0.4 is 0 Å². The summed E-state index contributed by atoms with van der Waals surface area (Å²) in [6.45, 7) is 6.56. The van der Waals surface area contributed by atoms with Crippen molar-refractivity contribution in [2.75, 3.05) is 0 Å². The standard InChI is InChI=1S/C10H16O2/c1-9(2)6-4-5-10(9,3)7(6)8(11)12/h6-7H,4-5H2,1-3H3,(H,11,12)/t6-,7+,10-/m1/s1. The van der Waals surface area contributed by atoms with Crippen LogP contribution in [0.1, 0.15) is 33.6 Å². The summed E-state index contributed by atoms with van der Waals surface area (Å²) in [5.74, 6) is -0.216. The van der Waals surface area contributed by atoms with Gasteiger partial charge in [-0.1, -0.05) is 20.8 Å². The number of carboxylic acid groups (broad SMARTS) is 1. The molecule has 2 heteroatoms. The van der Waals surface area contributed by atoms with E-state index in [1.807, 2.05) is 0 Å². The Labute approximate surface area is 73.0 Å². The fourth-order valence-electron chi connectivity index (χ4n) is 3.49. The van der Waals surface area contributed by atoms with Crippen LogP contribution in [-0.2, 0) is 4.79 Å². The number of carboxylic acids is 1. The van der Waals surface area contributed by atoms with Crippen LogP contribution in [-0.4, -0.2) is 11.1 Å². The maximum absolute atomic E-state index is 10.9. The van der Waals surface area contributed by atoms with Crippen LogP contribution in [0.4, 0.5) is 0 Å². The normalized spacial score (nSPS) is 48.6. The highest BCUT2D eigenvalue weighted by molar-refractivity contribution is 5.74. The summed E-state index contributed by atoms with van der Waals surface area (Å²) in [7, 11) is 0. The molecule has 3 saturated carbocycles. The zero-order chi connectivity index (χ0) is 9.15. The number of hydrogen-bond donors (Lipinski definition) is 1. The maximum atomic E-state index is 10.9. The summed E-state index contributed by atoms with van der Waals surface area (Å²) >= 11 is 0. The third-order valence-corrected chi connectivity index (χ3v) is 4.73. The lowest BCUT2D eigenvalue weighted by atomic mass is 9.45. The number of aliphatic carboxylic acids is 1. The van der Waals surface area contributed by atoms with E-state index in [-0.39, 0.29) is 16.7 Å². The molecule has 0 unspecified atom stereocenters. The van der Waals surface area contributed by atoms with Gasteiger partial charge in [-0.3, -0.25) is 4.79 Å². The first-order valence-electron chi connectivity index (χ1n) is 4.64. The molecule has 1 N–H and O–H groups in total. The summed E-state index contributed by atoms with van der Waals surface area (Å²) < 4.78 is 0. The molecule has 2 nitrogen and oxygen atoms in total. The highest BCUT2D eigenvalue weighted by atomic mass is 16.4. The summed E-state index contributed by atoms with van der Waals surface area (Å²) in [4.78, 5) is 10.9. The summed E-state index contributed by atoms with van der Waals surface area (Å²) in [5, 5.41) is 9.01. The Morgan fingerprint density at radius 3 is 2.17 bits per heavy atom. The Kier molecular flexibility index (Phi) is 1.25. The number of fused-ring (bicyclic) bond motifs is 1. The van der Waals surface area contributed by atoms with Gasteiger partial charge in [-0.25, -0.2) is 0 Å². The molecule has 0 aromatic rings. The molecule has 0 aromatic carbocycles. The van der Waals surface area contributed by atoms with Crippen LogP contribution in [0.5, 0.6) is 0 Å². The molecule has 3 atom stereocenters. The highest BCUT2D eigenvalue weighted by Crippen LogP contribution is 2.73. The molecule has 0 amide bonds. The van der Waals surface area contributed by atoms with E-state index >= 15 is 0 Å². The molecular weight excluding hydrogens is 152 g/mol. The average molecular weight is 168 g/mol. The van der Waals surface area contributed by atoms with E-state index in [2.05, 4.69) is 20.8 Å². The predicted molar refractivity (Wildman–Crippen MR) is 45.7 cm³/mol. The molecule has 2 bridgehead atoms. The van der Waals surface area contributed by atoms with Crippen molar-refractivity contribution < 1.29 is 9.90 Å². The fourth-order valence-corrected chi connectivity index (χ4v) is 3.49. The van der Waals surface area contributed by atoms with Gasteiger partial charge in [-0.2, -0.15) is 0 Å². The van der Waals surface area contributed by atoms with E-state index < -0.39 is 5.97 Å². The Hall–Kier alpha value is -0.530. The number of rotatable bonds is 1. The minimum absolute atomic E-state index is 0.0625. The van der Waals surface area contributed by atoms with E-state index in [0.29, 0.717) is 5.92 Å². The van der Waals surface area contributed by atoms with E-state index in [4.69, 9.17) is 5.11 Å². The lowest BCUT2D eigenvalue weighted by Gasteiger charge is -2.57. The van der Waals surface area contributed by atoms with E-state index in [0.717, 1.165) is 12.8 Å². The van der Waals surface area contributed by atoms with Crippen molar-refractivity contribution in [2.24, 2.45) is 22.7 Å². The van der Waals surface area contributed by atoms with Crippen molar-refractivity contribution in [2.45, 2.75) is 33.6 Å². The van der Waals surface area contributed by atoms with Gasteiger partial charge in [0.15, 0.2) is 0 Å². The van der Waals surface area contributed by atoms with Gasteiger partial charge >= 0.3 is 5.97 Å². The van der Waals surface area contributed by atoms with Crippen molar-refractivity contribution in [3.63, 3.8) is 0 Å². The summed E-state index contributed by atoms with van der Waals surface area (Å²) in [6, 6.07) is 0. The second kappa shape index (κ2) is 1.86. The van der Waals surface area contributed by atoms with Crippen LogP contribution in [0, 0.1) is 22.7 Å². The van der Waals surface area contributed by atoms with Gasteiger partial charge in [0.1, 0.15) is 0 Å². The van der Waals surface area contributed by atoms with Crippen molar-refractivity contribution >= 4 is 5.97 Å². The fraction of sp³-hybridized carbons (Fsp3) is 0.900. The Balaban J connectivity index is 2.33. The SMILES string of the molecule is CC1(C)[C@@H]2CC[C@]1(C)[C@@H]2C(=O)O. The first-order chi connectivity index (χ1) is 5.41. The Bertz CT molecular complexity index is 244. The molecule has 0 aromatic heterocycles. The maximum Gasteiger partial charge on any atom is 0.307 e. The van der Waals surface area contributed by atoms with Crippen molar-refractivity contribution in [1.29, 1.82) is 0 Å². The Morgan fingerprint density at radius 2 is 2.00 bits per heavy atom. The zero-order valence-corrected chi connectivity index (χ0v) is 7.92. The lowest BCUT2D eigenvalue weighted by molar-refractivity contribution is -0.177. The molecule has 0 aliphatic heterocycles. The first kappa shape index (κ1) is 8.09. The zero-order valence-electron chi connectivity index (χ0n) is 7.92. The largest absolute Gasteiger partial charge is 0.481 e. The quantitative estimate of drug-likeness (QED) is 0.651. The van der Waals surface area contributed by atoms with Gasteiger partial charge in [0.2, 0.25) is 0 Å². The van der Waals surface area contributed by atoms with Gasteiger partial charge in [-0.05, 0) is 29.6 Å². The van der Waals surface area contributed by atoms with E-state index in [1.165, 1.54) is 0 Å². The molecule has 0 saturated heterocycles. The molecule has 3 aliphatic carbocycles. The first-order valence-corrected chi connectivity index (χ1v) is 4.64. The summed E-state index contributed by atoms with van der Waals surface area (Å²) in [5.41, 5.74) is 0.333. The van der Waals surface area contributed by atoms with E-state index in [9.17, 15) is 4.79 Å². The molecular formula is C10H16O2. The van der Waals surface area contributed by atoms with E-state index in [1.54, 1.807) is 0 Å². The van der Waals surface area contributed by atoms with Crippen LogP contribution in [0.15, 0.2) is 0 Å². The van der Waals surface area contributed by atoms with Gasteiger partial charge < -0.3 is 5.11 Å². The van der Waals surface area contributed by atoms with Gasteiger partial charge in [0, 0.05) is 0 Å². The van der Waals surface area contributed by atoms with Crippen molar-refractivity contribution in [3.05, 3.63) is 0 Å². The van der Waals surface area contributed by atoms with Crippen LogP contribution in [0.25, 0.3) is 0 Å². The van der Waals surface area contributed by atoms with Gasteiger partial charge in [0.25, 0.3) is 0 Å². The molecule has 3 aliphatic rings. The smallest absolute Gasteiger partial charge is 0.307 e. The molecule has 0 heterocycles. The molecule has 68 valence electrons. The minimum Gasteiger partial charge on any atom is -0.481 e. The average Bonchev–Trinajstić information content (AvgIpc) is 2.38.